The van der Waals surface area contributed by atoms with E-state index < -0.39 is 0 Å². The molecule has 1 amide bonds. The quantitative estimate of drug-likeness (QED) is 0.710. The summed E-state index contributed by atoms with van der Waals surface area (Å²) in [5.74, 6) is 3.78. The first-order chi connectivity index (χ1) is 7.79. The predicted octanol–water partition coefficient (Wildman–Crippen LogP) is 2.50. The minimum absolute atomic E-state index is 0.106. The summed E-state index contributed by atoms with van der Waals surface area (Å²) < 4.78 is 0. The molecule has 3 rings (SSSR count). The zero-order valence-corrected chi connectivity index (χ0v) is 9.99. The van der Waals surface area contributed by atoms with E-state index in [2.05, 4.69) is 5.32 Å². The monoisotopic (exact) mass is 219 g/mol. The number of rotatable bonds is 2. The zero-order chi connectivity index (χ0) is 11.1. The normalized spacial score (nSPS) is 45.2. The first-order valence-electron chi connectivity index (χ1n) is 6.72. The maximum atomic E-state index is 11.6. The minimum Gasteiger partial charge on any atom is -0.350 e. The molecule has 0 saturated heterocycles. The van der Waals surface area contributed by atoms with Crippen molar-refractivity contribution >= 4 is 5.91 Å². The van der Waals surface area contributed by atoms with Crippen molar-refractivity contribution in [1.82, 2.24) is 5.32 Å². The lowest BCUT2D eigenvalue weighted by Crippen LogP contribution is -2.41. The Balaban J connectivity index is 1.65. The number of carbonyl (C=O) groups excluding carboxylic acids is 1. The Kier molecular flexibility index (Phi) is 2.53. The van der Waals surface area contributed by atoms with Crippen LogP contribution in [0.15, 0.2) is 12.2 Å². The molecule has 1 N–H and O–H groups in total. The summed E-state index contributed by atoms with van der Waals surface area (Å²) in [6.45, 7) is 1.90. The highest BCUT2D eigenvalue weighted by Gasteiger charge is 2.53. The van der Waals surface area contributed by atoms with E-state index in [4.69, 9.17) is 0 Å². The molecule has 0 aliphatic heterocycles. The second-order valence-corrected chi connectivity index (χ2v) is 5.77. The van der Waals surface area contributed by atoms with Crippen molar-refractivity contribution in [2.24, 2.45) is 23.7 Å². The van der Waals surface area contributed by atoms with Gasteiger partial charge in [0.05, 0.1) is 0 Å². The van der Waals surface area contributed by atoms with Crippen LogP contribution in [-0.4, -0.2) is 11.9 Å². The van der Waals surface area contributed by atoms with Crippen molar-refractivity contribution in [2.45, 2.75) is 45.1 Å². The van der Waals surface area contributed by atoms with Crippen molar-refractivity contribution in [3.05, 3.63) is 12.2 Å². The van der Waals surface area contributed by atoms with Crippen LogP contribution < -0.4 is 5.32 Å². The van der Waals surface area contributed by atoms with E-state index in [1.807, 2.05) is 13.0 Å². The van der Waals surface area contributed by atoms with Crippen LogP contribution in [0.5, 0.6) is 0 Å². The number of hydrogen-bond donors (Lipinski definition) is 1. The zero-order valence-electron chi connectivity index (χ0n) is 9.99. The van der Waals surface area contributed by atoms with Crippen LogP contribution in [0.3, 0.4) is 0 Å². The summed E-state index contributed by atoms with van der Waals surface area (Å²) in [6, 6.07) is 0.480. The lowest BCUT2D eigenvalue weighted by atomic mass is 9.79. The molecule has 0 aromatic carbocycles. The van der Waals surface area contributed by atoms with Gasteiger partial charge in [0, 0.05) is 6.04 Å². The van der Waals surface area contributed by atoms with Gasteiger partial charge in [-0.05, 0) is 62.4 Å². The first kappa shape index (κ1) is 10.4. The lowest BCUT2D eigenvalue weighted by Gasteiger charge is -2.31. The summed E-state index contributed by atoms with van der Waals surface area (Å²) in [5.41, 5.74) is 0. The van der Waals surface area contributed by atoms with Gasteiger partial charge in [-0.25, -0.2) is 0 Å². The molecule has 3 aliphatic carbocycles. The Morgan fingerprint density at radius 1 is 1.19 bits per heavy atom. The first-order valence-corrected chi connectivity index (χ1v) is 6.72. The minimum atomic E-state index is 0.106. The smallest absolute Gasteiger partial charge is 0.243 e. The van der Waals surface area contributed by atoms with Gasteiger partial charge in [-0.1, -0.05) is 12.5 Å². The third-order valence-electron chi connectivity index (χ3n) is 5.07. The summed E-state index contributed by atoms with van der Waals surface area (Å²) in [7, 11) is 0. The molecule has 3 aliphatic rings. The van der Waals surface area contributed by atoms with Gasteiger partial charge >= 0.3 is 0 Å². The molecule has 0 heterocycles. The van der Waals surface area contributed by atoms with Gasteiger partial charge in [0.1, 0.15) is 0 Å². The number of fused-ring (bicyclic) bond motifs is 5. The summed E-state index contributed by atoms with van der Waals surface area (Å²) in [4.78, 5) is 11.6. The third kappa shape index (κ3) is 1.50. The van der Waals surface area contributed by atoms with Crippen LogP contribution >= 0.6 is 0 Å². The fraction of sp³-hybridized carbons (Fsp3) is 0.786. The average Bonchev–Trinajstić information content (AvgIpc) is 2.86. The maximum Gasteiger partial charge on any atom is 0.243 e. The average molecular weight is 219 g/mol. The van der Waals surface area contributed by atoms with Gasteiger partial charge in [0.25, 0.3) is 0 Å². The van der Waals surface area contributed by atoms with Crippen LogP contribution in [0.2, 0.25) is 0 Å². The molecule has 2 nitrogen and oxygen atoms in total. The molecule has 3 saturated carbocycles. The molecule has 0 aromatic heterocycles. The molecule has 3 fully saturated rings. The van der Waals surface area contributed by atoms with E-state index in [9.17, 15) is 4.79 Å². The molecule has 0 aromatic rings. The van der Waals surface area contributed by atoms with Crippen molar-refractivity contribution in [2.75, 3.05) is 0 Å². The molecule has 0 spiro atoms. The fourth-order valence-electron chi connectivity index (χ4n) is 4.62. The van der Waals surface area contributed by atoms with Crippen LogP contribution in [-0.2, 0) is 4.79 Å². The van der Waals surface area contributed by atoms with Gasteiger partial charge in [0.15, 0.2) is 0 Å². The van der Waals surface area contributed by atoms with Gasteiger partial charge in [-0.3, -0.25) is 4.79 Å². The summed E-state index contributed by atoms with van der Waals surface area (Å²) in [5, 5.41) is 3.20. The highest BCUT2D eigenvalue weighted by atomic mass is 16.1. The Bertz CT molecular complexity index is 323. The topological polar surface area (TPSA) is 29.1 Å². The van der Waals surface area contributed by atoms with E-state index in [0.29, 0.717) is 6.04 Å². The predicted molar refractivity (Wildman–Crippen MR) is 63.8 cm³/mol. The molecular weight excluding hydrogens is 198 g/mol. The van der Waals surface area contributed by atoms with Crippen molar-refractivity contribution in [3.8, 4) is 0 Å². The van der Waals surface area contributed by atoms with E-state index in [0.717, 1.165) is 23.7 Å². The molecular formula is C14H21NO. The second-order valence-electron chi connectivity index (χ2n) is 5.77. The molecule has 0 radical (unpaired) electrons. The van der Waals surface area contributed by atoms with Crippen LogP contribution in [0.1, 0.15) is 39.0 Å². The summed E-state index contributed by atoms with van der Waals surface area (Å²) in [6.07, 6.45) is 10.4. The van der Waals surface area contributed by atoms with Crippen LogP contribution in [0.25, 0.3) is 0 Å². The highest BCUT2D eigenvalue weighted by molar-refractivity contribution is 5.87. The van der Waals surface area contributed by atoms with Crippen molar-refractivity contribution < 1.29 is 4.79 Å². The SMILES string of the molecule is CC=CC(=O)NC1CC2CC1C1CCCC21. The van der Waals surface area contributed by atoms with E-state index in [1.54, 1.807) is 6.08 Å². The molecule has 2 bridgehead atoms. The lowest BCUT2D eigenvalue weighted by molar-refractivity contribution is -0.117. The number of hydrogen-bond acceptors (Lipinski definition) is 1. The van der Waals surface area contributed by atoms with E-state index in [-0.39, 0.29) is 5.91 Å². The van der Waals surface area contributed by atoms with Gasteiger partial charge in [-0.2, -0.15) is 0 Å². The number of amides is 1. The van der Waals surface area contributed by atoms with Crippen LogP contribution in [0, 0.1) is 23.7 Å². The van der Waals surface area contributed by atoms with Crippen LogP contribution in [0.4, 0.5) is 0 Å². The molecule has 2 heteroatoms. The van der Waals surface area contributed by atoms with Gasteiger partial charge < -0.3 is 5.32 Å². The van der Waals surface area contributed by atoms with E-state index in [1.165, 1.54) is 32.1 Å². The van der Waals surface area contributed by atoms with Crippen molar-refractivity contribution in [3.63, 3.8) is 0 Å². The molecule has 5 atom stereocenters. The van der Waals surface area contributed by atoms with Gasteiger partial charge in [0.2, 0.25) is 5.91 Å². The van der Waals surface area contributed by atoms with Gasteiger partial charge in [-0.15, -0.1) is 0 Å². The number of carbonyl (C=O) groups is 1. The second kappa shape index (κ2) is 3.90. The summed E-state index contributed by atoms with van der Waals surface area (Å²) >= 11 is 0. The highest BCUT2D eigenvalue weighted by Crippen LogP contribution is 2.58. The third-order valence-corrected chi connectivity index (χ3v) is 5.07. The maximum absolute atomic E-state index is 11.6. The number of nitrogens with one attached hydrogen (secondary N) is 1. The Labute approximate surface area is 97.5 Å². The molecule has 5 unspecified atom stereocenters. The standard InChI is InChI=1S/C14H21NO/c1-2-4-14(16)15-13-8-9-7-12(13)11-6-3-5-10(9)11/h2,4,9-13H,3,5-8H2,1H3,(H,15,16). The molecule has 88 valence electrons. The Morgan fingerprint density at radius 2 is 2.00 bits per heavy atom. The fourth-order valence-corrected chi connectivity index (χ4v) is 4.62. The largest absolute Gasteiger partial charge is 0.350 e. The number of allylic oxidation sites excluding steroid dienone is 1. The van der Waals surface area contributed by atoms with E-state index >= 15 is 0 Å². The Morgan fingerprint density at radius 3 is 2.81 bits per heavy atom. The molecule has 16 heavy (non-hydrogen) atoms. The Hall–Kier alpha value is -0.790. The van der Waals surface area contributed by atoms with Crippen molar-refractivity contribution in [1.29, 1.82) is 0 Å².